The highest BCUT2D eigenvalue weighted by Crippen LogP contribution is 2.32. The summed E-state index contributed by atoms with van der Waals surface area (Å²) in [5.41, 5.74) is 0.817. The quantitative estimate of drug-likeness (QED) is 0.770. The molecular formula is C15H23ClN2S. The summed E-state index contributed by atoms with van der Waals surface area (Å²) in [7, 11) is 4.11. The molecule has 0 bridgehead atoms. The van der Waals surface area contributed by atoms with Crippen LogP contribution in [0.4, 0.5) is 0 Å². The van der Waals surface area contributed by atoms with Crippen molar-refractivity contribution in [2.75, 3.05) is 32.6 Å². The van der Waals surface area contributed by atoms with Crippen molar-refractivity contribution in [1.82, 2.24) is 4.90 Å². The van der Waals surface area contributed by atoms with Crippen LogP contribution in [0.15, 0.2) is 30.3 Å². The second kappa shape index (κ2) is 9.25. The molecule has 0 saturated carbocycles. The molecule has 0 aromatic heterocycles. The van der Waals surface area contributed by atoms with Gasteiger partial charge in [0, 0.05) is 0 Å². The second-order valence-corrected chi connectivity index (χ2v) is 5.84. The van der Waals surface area contributed by atoms with E-state index >= 15 is 0 Å². The number of nitrogens with zero attached hydrogens (tertiary/aromatic N) is 2. The normalized spacial score (nSPS) is 13.4. The van der Waals surface area contributed by atoms with Gasteiger partial charge in [-0.3, -0.25) is 0 Å². The Bertz CT molecular complexity index is 389. The lowest BCUT2D eigenvalue weighted by molar-refractivity contribution is 0.348. The number of nitriles is 1. The molecule has 19 heavy (non-hydrogen) atoms. The van der Waals surface area contributed by atoms with E-state index in [2.05, 4.69) is 43.5 Å². The standard InChI is InChI=1S/C15H22N2S.ClH/c1-17(2)11-9-15(13-16,10-12-18-3)14-7-5-4-6-8-14;/h4-8H,9-12H2,1-3H3;1H. The van der Waals surface area contributed by atoms with Crippen molar-refractivity contribution in [3.63, 3.8) is 0 Å². The fraction of sp³-hybridized carbons (Fsp3) is 0.533. The molecule has 2 nitrogen and oxygen atoms in total. The predicted molar refractivity (Wildman–Crippen MR) is 87.2 cm³/mol. The maximum Gasteiger partial charge on any atom is 0.0842 e. The Kier molecular flexibility index (Phi) is 8.92. The Balaban J connectivity index is 0.00000324. The molecule has 0 spiro atoms. The molecule has 1 unspecified atom stereocenters. The third kappa shape index (κ3) is 5.44. The summed E-state index contributed by atoms with van der Waals surface area (Å²) in [6.07, 6.45) is 3.91. The lowest BCUT2D eigenvalue weighted by Gasteiger charge is -2.28. The Hall–Kier alpha value is -0.690. The molecule has 0 aliphatic heterocycles. The zero-order valence-electron chi connectivity index (χ0n) is 11.9. The number of rotatable bonds is 7. The highest BCUT2D eigenvalue weighted by Gasteiger charge is 2.31. The molecule has 1 rings (SSSR count). The van der Waals surface area contributed by atoms with Crippen LogP contribution in [0, 0.1) is 11.3 Å². The summed E-state index contributed by atoms with van der Waals surface area (Å²) in [6.45, 7) is 0.941. The summed E-state index contributed by atoms with van der Waals surface area (Å²) in [5, 5.41) is 9.69. The summed E-state index contributed by atoms with van der Waals surface area (Å²) >= 11 is 1.81. The predicted octanol–water partition coefficient (Wildman–Crippen LogP) is 3.57. The number of halogens is 1. The van der Waals surface area contributed by atoms with Gasteiger partial charge in [-0.2, -0.15) is 17.0 Å². The van der Waals surface area contributed by atoms with Crippen molar-refractivity contribution < 1.29 is 0 Å². The lowest BCUT2D eigenvalue weighted by Crippen LogP contribution is -2.30. The largest absolute Gasteiger partial charge is 0.309 e. The van der Waals surface area contributed by atoms with Crippen molar-refractivity contribution in [3.05, 3.63) is 35.9 Å². The summed E-state index contributed by atoms with van der Waals surface area (Å²) in [4.78, 5) is 2.15. The van der Waals surface area contributed by atoms with Crippen LogP contribution in [0.2, 0.25) is 0 Å². The van der Waals surface area contributed by atoms with Crippen LogP contribution in [-0.2, 0) is 5.41 Å². The molecule has 0 amide bonds. The van der Waals surface area contributed by atoms with Gasteiger partial charge in [0.2, 0.25) is 0 Å². The first-order valence-corrected chi connectivity index (χ1v) is 7.64. The van der Waals surface area contributed by atoms with E-state index in [0.29, 0.717) is 0 Å². The second-order valence-electron chi connectivity index (χ2n) is 4.86. The average Bonchev–Trinajstić information content (AvgIpc) is 2.40. The average molecular weight is 299 g/mol. The number of hydrogen-bond donors (Lipinski definition) is 0. The third-order valence-corrected chi connectivity index (χ3v) is 3.87. The zero-order valence-corrected chi connectivity index (χ0v) is 13.6. The van der Waals surface area contributed by atoms with Gasteiger partial charge in [0.05, 0.1) is 11.5 Å². The molecule has 0 fully saturated rings. The molecule has 1 aromatic carbocycles. The molecule has 0 N–H and O–H groups in total. The topological polar surface area (TPSA) is 27.0 Å². The van der Waals surface area contributed by atoms with Crippen molar-refractivity contribution in [2.45, 2.75) is 18.3 Å². The Morgan fingerprint density at radius 3 is 2.32 bits per heavy atom. The van der Waals surface area contributed by atoms with E-state index in [1.165, 1.54) is 0 Å². The van der Waals surface area contributed by atoms with E-state index < -0.39 is 0 Å². The fourth-order valence-electron chi connectivity index (χ4n) is 2.04. The molecule has 4 heteroatoms. The van der Waals surface area contributed by atoms with E-state index in [1.807, 2.05) is 30.0 Å². The van der Waals surface area contributed by atoms with E-state index in [0.717, 1.165) is 30.7 Å². The third-order valence-electron chi connectivity index (χ3n) is 3.26. The van der Waals surface area contributed by atoms with Gasteiger partial charge < -0.3 is 4.90 Å². The molecule has 106 valence electrons. The monoisotopic (exact) mass is 298 g/mol. The van der Waals surface area contributed by atoms with E-state index in [4.69, 9.17) is 0 Å². The van der Waals surface area contributed by atoms with Crippen molar-refractivity contribution >= 4 is 24.2 Å². The van der Waals surface area contributed by atoms with Crippen LogP contribution in [0.3, 0.4) is 0 Å². The van der Waals surface area contributed by atoms with Gasteiger partial charge in [-0.25, -0.2) is 0 Å². The van der Waals surface area contributed by atoms with Gasteiger partial charge in [-0.05, 0) is 51.1 Å². The lowest BCUT2D eigenvalue weighted by atomic mass is 9.76. The molecule has 0 saturated heterocycles. The summed E-state index contributed by atoms with van der Waals surface area (Å²) in [6, 6.07) is 12.8. The highest BCUT2D eigenvalue weighted by molar-refractivity contribution is 7.98. The number of thioether (sulfide) groups is 1. The van der Waals surface area contributed by atoms with Crippen molar-refractivity contribution in [1.29, 1.82) is 5.26 Å². The van der Waals surface area contributed by atoms with E-state index in [9.17, 15) is 5.26 Å². The molecule has 1 atom stereocenters. The van der Waals surface area contributed by atoms with Gasteiger partial charge in [-0.1, -0.05) is 30.3 Å². The maximum atomic E-state index is 9.69. The van der Waals surface area contributed by atoms with Crippen LogP contribution in [0.1, 0.15) is 18.4 Å². The van der Waals surface area contributed by atoms with Crippen LogP contribution in [0.25, 0.3) is 0 Å². The molecule has 0 radical (unpaired) electrons. The van der Waals surface area contributed by atoms with Crippen LogP contribution >= 0.6 is 24.2 Å². The molecule has 1 aromatic rings. The minimum absolute atomic E-state index is 0. The zero-order chi connectivity index (χ0) is 13.4. The van der Waals surface area contributed by atoms with Gasteiger partial charge in [0.25, 0.3) is 0 Å². The first-order chi connectivity index (χ1) is 8.64. The highest BCUT2D eigenvalue weighted by atomic mass is 35.5. The molecule has 0 heterocycles. The van der Waals surface area contributed by atoms with E-state index in [1.54, 1.807) is 0 Å². The summed E-state index contributed by atoms with van der Waals surface area (Å²) < 4.78 is 0. The van der Waals surface area contributed by atoms with Gasteiger partial charge >= 0.3 is 0 Å². The maximum absolute atomic E-state index is 9.69. The Morgan fingerprint density at radius 1 is 1.21 bits per heavy atom. The first-order valence-electron chi connectivity index (χ1n) is 6.25. The Labute approximate surface area is 127 Å². The van der Waals surface area contributed by atoms with Crippen LogP contribution < -0.4 is 0 Å². The van der Waals surface area contributed by atoms with E-state index in [-0.39, 0.29) is 17.8 Å². The number of benzene rings is 1. The smallest absolute Gasteiger partial charge is 0.0842 e. The Morgan fingerprint density at radius 2 is 1.84 bits per heavy atom. The minimum Gasteiger partial charge on any atom is -0.309 e. The van der Waals surface area contributed by atoms with Crippen LogP contribution in [0.5, 0.6) is 0 Å². The summed E-state index contributed by atoms with van der Waals surface area (Å²) in [5.74, 6) is 1.02. The molecule has 0 aliphatic carbocycles. The van der Waals surface area contributed by atoms with Gasteiger partial charge in [-0.15, -0.1) is 12.4 Å². The van der Waals surface area contributed by atoms with Crippen LogP contribution in [-0.4, -0.2) is 37.5 Å². The van der Waals surface area contributed by atoms with Gasteiger partial charge in [0.15, 0.2) is 0 Å². The SMILES string of the molecule is CSCCC(C#N)(CCN(C)C)c1ccccc1.Cl. The van der Waals surface area contributed by atoms with Crippen molar-refractivity contribution in [2.24, 2.45) is 0 Å². The van der Waals surface area contributed by atoms with Crippen molar-refractivity contribution in [3.8, 4) is 6.07 Å². The molecular weight excluding hydrogens is 276 g/mol. The minimum atomic E-state index is -0.339. The molecule has 0 aliphatic rings. The van der Waals surface area contributed by atoms with Gasteiger partial charge in [0.1, 0.15) is 0 Å². The number of hydrogen-bond acceptors (Lipinski definition) is 3. The first kappa shape index (κ1) is 18.3. The fourth-order valence-corrected chi connectivity index (χ4v) is 2.59.